The van der Waals surface area contributed by atoms with Crippen LogP contribution < -0.4 is 0 Å². The van der Waals surface area contributed by atoms with Crippen molar-refractivity contribution in [1.82, 2.24) is 25.1 Å². The summed E-state index contributed by atoms with van der Waals surface area (Å²) >= 11 is 1.35. The van der Waals surface area contributed by atoms with Crippen molar-refractivity contribution in [2.75, 3.05) is 18.8 Å². The number of ether oxygens (including phenoxy) is 1. The van der Waals surface area contributed by atoms with Crippen LogP contribution in [0.2, 0.25) is 0 Å². The molecule has 1 aliphatic heterocycles. The van der Waals surface area contributed by atoms with Gasteiger partial charge in [0.15, 0.2) is 0 Å². The Kier molecular flexibility index (Phi) is 5.15. The van der Waals surface area contributed by atoms with Gasteiger partial charge in [-0.25, -0.2) is 0 Å². The highest BCUT2D eigenvalue weighted by atomic mass is 32.2. The van der Waals surface area contributed by atoms with Crippen LogP contribution in [0.25, 0.3) is 5.69 Å². The van der Waals surface area contributed by atoms with E-state index >= 15 is 0 Å². The van der Waals surface area contributed by atoms with Gasteiger partial charge in [0, 0.05) is 13.1 Å². The second kappa shape index (κ2) is 7.31. The summed E-state index contributed by atoms with van der Waals surface area (Å²) in [6.45, 7) is 7.26. The molecule has 2 atom stereocenters. The molecule has 0 N–H and O–H groups in total. The van der Waals surface area contributed by atoms with E-state index in [1.807, 2.05) is 49.9 Å². The quantitative estimate of drug-likeness (QED) is 0.784. The summed E-state index contributed by atoms with van der Waals surface area (Å²) in [4.78, 5) is 14.3. The first kappa shape index (κ1) is 16.9. The molecule has 1 aliphatic rings. The lowest BCUT2D eigenvalue weighted by Crippen LogP contribution is -2.48. The number of benzene rings is 1. The molecule has 1 aromatic heterocycles. The minimum atomic E-state index is 0.0697. The Morgan fingerprint density at radius 1 is 1.33 bits per heavy atom. The van der Waals surface area contributed by atoms with E-state index in [0.29, 0.717) is 24.0 Å². The lowest BCUT2D eigenvalue weighted by molar-refractivity contribution is -0.140. The van der Waals surface area contributed by atoms with Crippen LogP contribution in [0.15, 0.2) is 29.4 Å². The predicted octanol–water partition coefficient (Wildman–Crippen LogP) is 1.70. The van der Waals surface area contributed by atoms with Gasteiger partial charge in [0.1, 0.15) is 0 Å². The topological polar surface area (TPSA) is 73.1 Å². The Labute approximate surface area is 145 Å². The fourth-order valence-electron chi connectivity index (χ4n) is 2.79. The summed E-state index contributed by atoms with van der Waals surface area (Å²) in [5, 5.41) is 12.4. The van der Waals surface area contributed by atoms with E-state index in [1.165, 1.54) is 11.8 Å². The standard InChI is InChI=1S/C16H21N5O2S/c1-11-5-4-6-14(7-11)21-16(17-18-19-21)24-10-15(22)20-8-12(2)23-13(3)9-20/h4-7,12-13H,8-10H2,1-3H3/t12-,13-/m1/s1. The molecule has 0 spiro atoms. The Morgan fingerprint density at radius 2 is 2.08 bits per heavy atom. The highest BCUT2D eigenvalue weighted by Crippen LogP contribution is 2.20. The first-order chi connectivity index (χ1) is 11.5. The smallest absolute Gasteiger partial charge is 0.233 e. The zero-order valence-corrected chi connectivity index (χ0v) is 14.9. The maximum Gasteiger partial charge on any atom is 0.233 e. The first-order valence-electron chi connectivity index (χ1n) is 7.94. The van der Waals surface area contributed by atoms with Crippen LogP contribution in [0.4, 0.5) is 0 Å². The maximum atomic E-state index is 12.5. The third-order valence-electron chi connectivity index (χ3n) is 3.78. The molecule has 0 unspecified atom stereocenters. The van der Waals surface area contributed by atoms with E-state index in [0.717, 1.165) is 11.3 Å². The van der Waals surface area contributed by atoms with Crippen LogP contribution in [0, 0.1) is 6.92 Å². The zero-order chi connectivity index (χ0) is 17.1. The van der Waals surface area contributed by atoms with Gasteiger partial charge in [-0.1, -0.05) is 23.9 Å². The number of nitrogens with zero attached hydrogens (tertiary/aromatic N) is 5. The summed E-state index contributed by atoms with van der Waals surface area (Å²) in [7, 11) is 0. The summed E-state index contributed by atoms with van der Waals surface area (Å²) in [5.41, 5.74) is 2.02. The van der Waals surface area contributed by atoms with Crippen molar-refractivity contribution in [3.63, 3.8) is 0 Å². The lowest BCUT2D eigenvalue weighted by atomic mass is 10.2. The molecule has 7 nitrogen and oxygen atoms in total. The van der Waals surface area contributed by atoms with Crippen molar-refractivity contribution >= 4 is 17.7 Å². The average Bonchev–Trinajstić information content (AvgIpc) is 3.00. The summed E-state index contributed by atoms with van der Waals surface area (Å²) in [6.07, 6.45) is 0.139. The van der Waals surface area contributed by atoms with Crippen molar-refractivity contribution in [3.8, 4) is 5.69 Å². The second-order valence-corrected chi connectivity index (χ2v) is 7.00. The SMILES string of the molecule is Cc1cccc(-n2nnnc2SCC(=O)N2C[C@@H](C)O[C@H](C)C2)c1. The molecule has 1 fully saturated rings. The van der Waals surface area contributed by atoms with Gasteiger partial charge in [-0.2, -0.15) is 4.68 Å². The predicted molar refractivity (Wildman–Crippen MR) is 91.2 cm³/mol. The van der Waals surface area contributed by atoms with Crippen molar-refractivity contribution in [1.29, 1.82) is 0 Å². The number of morpholine rings is 1. The molecule has 1 amide bonds. The lowest BCUT2D eigenvalue weighted by Gasteiger charge is -2.35. The van der Waals surface area contributed by atoms with Crippen molar-refractivity contribution < 1.29 is 9.53 Å². The number of hydrogen-bond donors (Lipinski definition) is 0. The molecule has 2 aromatic rings. The zero-order valence-electron chi connectivity index (χ0n) is 14.0. The van der Waals surface area contributed by atoms with Gasteiger partial charge >= 0.3 is 0 Å². The van der Waals surface area contributed by atoms with E-state index in [2.05, 4.69) is 15.5 Å². The van der Waals surface area contributed by atoms with E-state index in [4.69, 9.17) is 4.74 Å². The fourth-order valence-corrected chi connectivity index (χ4v) is 3.58. The van der Waals surface area contributed by atoms with Gasteiger partial charge in [0.25, 0.3) is 0 Å². The number of hydrogen-bond acceptors (Lipinski definition) is 6. The van der Waals surface area contributed by atoms with E-state index in [1.54, 1.807) is 4.68 Å². The molecular formula is C16H21N5O2S. The third-order valence-corrected chi connectivity index (χ3v) is 4.69. The van der Waals surface area contributed by atoms with Crippen molar-refractivity contribution in [3.05, 3.63) is 29.8 Å². The normalized spacial score (nSPS) is 21.0. The van der Waals surface area contributed by atoms with Crippen LogP contribution in [-0.2, 0) is 9.53 Å². The number of thioether (sulfide) groups is 1. The number of aromatic nitrogens is 4. The fraction of sp³-hybridized carbons (Fsp3) is 0.500. The third kappa shape index (κ3) is 3.93. The van der Waals surface area contributed by atoms with Gasteiger partial charge in [-0.05, 0) is 48.9 Å². The highest BCUT2D eigenvalue weighted by Gasteiger charge is 2.26. The van der Waals surface area contributed by atoms with Gasteiger partial charge in [-0.15, -0.1) is 5.10 Å². The number of tetrazole rings is 1. The molecule has 0 bridgehead atoms. The molecule has 128 valence electrons. The Balaban J connectivity index is 1.65. The summed E-state index contributed by atoms with van der Waals surface area (Å²) in [5.74, 6) is 0.395. The molecule has 0 saturated carbocycles. The Bertz CT molecular complexity index is 710. The number of rotatable bonds is 4. The molecule has 8 heteroatoms. The van der Waals surface area contributed by atoms with Crippen molar-refractivity contribution in [2.45, 2.75) is 38.1 Å². The largest absolute Gasteiger partial charge is 0.372 e. The molecule has 1 aromatic carbocycles. The van der Waals surface area contributed by atoms with Gasteiger partial charge in [0.2, 0.25) is 11.1 Å². The number of carbonyl (C=O) groups excluding carboxylic acids is 1. The number of carbonyl (C=O) groups is 1. The Morgan fingerprint density at radius 3 is 2.79 bits per heavy atom. The number of aryl methyl sites for hydroxylation is 1. The maximum absolute atomic E-state index is 12.5. The monoisotopic (exact) mass is 347 g/mol. The molecule has 0 aliphatic carbocycles. The van der Waals surface area contributed by atoms with Crippen LogP contribution in [-0.4, -0.2) is 62.1 Å². The first-order valence-corrected chi connectivity index (χ1v) is 8.93. The molecular weight excluding hydrogens is 326 g/mol. The van der Waals surface area contributed by atoms with Crippen LogP contribution in [0.1, 0.15) is 19.4 Å². The molecule has 3 rings (SSSR count). The Hall–Kier alpha value is -1.93. The number of amides is 1. The van der Waals surface area contributed by atoms with Crippen molar-refractivity contribution in [2.24, 2.45) is 0 Å². The molecule has 0 radical (unpaired) electrons. The van der Waals surface area contributed by atoms with Gasteiger partial charge < -0.3 is 9.64 Å². The molecule has 24 heavy (non-hydrogen) atoms. The summed E-state index contributed by atoms with van der Waals surface area (Å²) in [6, 6.07) is 7.93. The second-order valence-electron chi connectivity index (χ2n) is 6.06. The van der Waals surface area contributed by atoms with E-state index in [9.17, 15) is 4.79 Å². The van der Waals surface area contributed by atoms with Crippen LogP contribution in [0.5, 0.6) is 0 Å². The minimum absolute atomic E-state index is 0.0697. The molecule has 1 saturated heterocycles. The van der Waals surface area contributed by atoms with Crippen LogP contribution in [0.3, 0.4) is 0 Å². The van der Waals surface area contributed by atoms with Crippen LogP contribution >= 0.6 is 11.8 Å². The van der Waals surface area contributed by atoms with E-state index < -0.39 is 0 Å². The highest BCUT2D eigenvalue weighted by molar-refractivity contribution is 7.99. The summed E-state index contributed by atoms with van der Waals surface area (Å²) < 4.78 is 7.33. The van der Waals surface area contributed by atoms with Gasteiger partial charge in [-0.3, -0.25) is 4.79 Å². The van der Waals surface area contributed by atoms with Gasteiger partial charge in [0.05, 0.1) is 23.6 Å². The van der Waals surface area contributed by atoms with E-state index in [-0.39, 0.29) is 18.1 Å². The minimum Gasteiger partial charge on any atom is -0.372 e. The molecule has 2 heterocycles. The average molecular weight is 347 g/mol.